The van der Waals surface area contributed by atoms with E-state index in [0.717, 1.165) is 13.1 Å². The van der Waals surface area contributed by atoms with Gasteiger partial charge >= 0.3 is 0 Å². The highest BCUT2D eigenvalue weighted by Gasteiger charge is 2.28. The Bertz CT molecular complexity index is 1010. The molecule has 0 atom stereocenters. The van der Waals surface area contributed by atoms with Crippen molar-refractivity contribution in [2.45, 2.75) is 20.3 Å². The van der Waals surface area contributed by atoms with E-state index >= 15 is 0 Å². The van der Waals surface area contributed by atoms with Gasteiger partial charge in [0.05, 0.1) is 5.69 Å². The standard InChI is InChI=1S/C24H27N3O4/c1-17-4-3-5-20(14-17)25-10-12-26(13-11-25)23(29)8-9-27-21-15-19(18(2)28)6-7-22(21)31-16-24(27)30/h3-7,14-15H,8-13,16H2,1-2H3. The van der Waals surface area contributed by atoms with Gasteiger partial charge in [-0.05, 0) is 49.7 Å². The normalized spacial score (nSPS) is 16.1. The van der Waals surface area contributed by atoms with Crippen LogP contribution < -0.4 is 14.5 Å². The summed E-state index contributed by atoms with van der Waals surface area (Å²) in [5.74, 6) is 0.310. The molecule has 2 heterocycles. The highest BCUT2D eigenvalue weighted by Crippen LogP contribution is 2.33. The summed E-state index contributed by atoms with van der Waals surface area (Å²) in [7, 11) is 0. The molecule has 2 aliphatic rings. The molecule has 2 aliphatic heterocycles. The lowest BCUT2D eigenvalue weighted by atomic mass is 10.1. The number of carbonyl (C=O) groups is 3. The molecule has 2 aromatic carbocycles. The van der Waals surface area contributed by atoms with Gasteiger partial charge in [0.15, 0.2) is 12.4 Å². The van der Waals surface area contributed by atoms with Crippen LogP contribution in [0.25, 0.3) is 0 Å². The Balaban J connectivity index is 1.37. The number of nitrogens with zero attached hydrogens (tertiary/aromatic N) is 3. The largest absolute Gasteiger partial charge is 0.482 e. The minimum atomic E-state index is -0.203. The monoisotopic (exact) mass is 421 g/mol. The zero-order valence-corrected chi connectivity index (χ0v) is 18.0. The molecule has 2 aromatic rings. The third-order valence-corrected chi connectivity index (χ3v) is 5.86. The van der Waals surface area contributed by atoms with Crippen molar-refractivity contribution in [2.75, 3.05) is 49.1 Å². The summed E-state index contributed by atoms with van der Waals surface area (Å²) in [6.07, 6.45) is 0.236. The minimum Gasteiger partial charge on any atom is -0.482 e. The van der Waals surface area contributed by atoms with Crippen LogP contribution in [0.15, 0.2) is 42.5 Å². The number of carbonyl (C=O) groups excluding carboxylic acids is 3. The molecule has 2 amide bonds. The lowest BCUT2D eigenvalue weighted by Gasteiger charge is -2.37. The van der Waals surface area contributed by atoms with Gasteiger partial charge in [0, 0.05) is 50.4 Å². The first-order chi connectivity index (χ1) is 14.9. The molecular formula is C24H27N3O4. The topological polar surface area (TPSA) is 70.2 Å². The Kier molecular flexibility index (Phi) is 5.93. The van der Waals surface area contributed by atoms with E-state index in [0.29, 0.717) is 30.1 Å². The fourth-order valence-corrected chi connectivity index (χ4v) is 4.07. The first-order valence-electron chi connectivity index (χ1n) is 10.6. The minimum absolute atomic E-state index is 0.0347. The van der Waals surface area contributed by atoms with Crippen molar-refractivity contribution < 1.29 is 19.1 Å². The lowest BCUT2D eigenvalue weighted by Crippen LogP contribution is -2.49. The highest BCUT2D eigenvalue weighted by molar-refractivity contribution is 6.01. The number of ether oxygens (including phenoxy) is 1. The Morgan fingerprint density at radius 1 is 1.03 bits per heavy atom. The van der Waals surface area contributed by atoms with Gasteiger partial charge in [0.25, 0.3) is 5.91 Å². The number of anilines is 2. The summed E-state index contributed by atoms with van der Waals surface area (Å²) in [5.41, 5.74) is 3.48. The second-order valence-electron chi connectivity index (χ2n) is 8.03. The third-order valence-electron chi connectivity index (χ3n) is 5.86. The maximum absolute atomic E-state index is 12.8. The Hall–Kier alpha value is -3.35. The molecule has 0 aliphatic carbocycles. The number of hydrogen-bond donors (Lipinski definition) is 0. The van der Waals surface area contributed by atoms with E-state index in [1.807, 2.05) is 4.90 Å². The number of ketones is 1. The number of Topliss-reactive ketones (excluding diaryl/α,β-unsaturated/α-hetero) is 1. The van der Waals surface area contributed by atoms with Crippen molar-refractivity contribution in [1.29, 1.82) is 0 Å². The number of fused-ring (bicyclic) bond motifs is 1. The van der Waals surface area contributed by atoms with Crippen LogP contribution in [0.2, 0.25) is 0 Å². The summed E-state index contributed by atoms with van der Waals surface area (Å²) in [6, 6.07) is 13.5. The van der Waals surface area contributed by atoms with Gasteiger partial charge < -0.3 is 19.4 Å². The van der Waals surface area contributed by atoms with Gasteiger partial charge in [-0.2, -0.15) is 0 Å². The molecule has 0 saturated carbocycles. The van der Waals surface area contributed by atoms with Crippen molar-refractivity contribution in [3.05, 3.63) is 53.6 Å². The van der Waals surface area contributed by atoms with Gasteiger partial charge in [-0.25, -0.2) is 0 Å². The van der Waals surface area contributed by atoms with E-state index in [1.165, 1.54) is 18.2 Å². The Morgan fingerprint density at radius 2 is 1.81 bits per heavy atom. The van der Waals surface area contributed by atoms with Crippen molar-refractivity contribution in [2.24, 2.45) is 0 Å². The molecule has 0 N–H and O–H groups in total. The van der Waals surface area contributed by atoms with E-state index < -0.39 is 0 Å². The van der Waals surface area contributed by atoms with Crippen molar-refractivity contribution in [1.82, 2.24) is 4.90 Å². The van der Waals surface area contributed by atoms with E-state index in [4.69, 9.17) is 4.74 Å². The van der Waals surface area contributed by atoms with Crippen LogP contribution in [0.1, 0.15) is 29.3 Å². The van der Waals surface area contributed by atoms with Gasteiger partial charge in [-0.15, -0.1) is 0 Å². The molecule has 1 fully saturated rings. The SMILES string of the molecule is CC(=O)c1ccc2c(c1)N(CCC(=O)N1CCN(c3cccc(C)c3)CC1)C(=O)CO2. The van der Waals surface area contributed by atoms with Crippen LogP contribution in [0, 0.1) is 6.92 Å². The number of amides is 2. The Labute approximate surface area is 182 Å². The molecule has 31 heavy (non-hydrogen) atoms. The first kappa shape index (κ1) is 20.9. The zero-order valence-electron chi connectivity index (χ0n) is 18.0. The average Bonchev–Trinajstić information content (AvgIpc) is 2.78. The molecule has 7 nitrogen and oxygen atoms in total. The van der Waals surface area contributed by atoms with Crippen LogP contribution in [-0.2, 0) is 9.59 Å². The number of rotatable bonds is 5. The van der Waals surface area contributed by atoms with E-state index in [9.17, 15) is 14.4 Å². The number of aryl methyl sites for hydroxylation is 1. The molecule has 162 valence electrons. The van der Waals surface area contributed by atoms with Crippen LogP contribution >= 0.6 is 0 Å². The fourth-order valence-electron chi connectivity index (χ4n) is 4.07. The maximum atomic E-state index is 12.8. The van der Waals surface area contributed by atoms with Gasteiger partial charge in [0.2, 0.25) is 5.91 Å². The zero-order chi connectivity index (χ0) is 22.0. The quantitative estimate of drug-likeness (QED) is 0.695. The van der Waals surface area contributed by atoms with Crippen LogP contribution in [0.4, 0.5) is 11.4 Å². The number of benzene rings is 2. The van der Waals surface area contributed by atoms with Crippen molar-refractivity contribution >= 4 is 29.0 Å². The summed E-state index contributed by atoms with van der Waals surface area (Å²) < 4.78 is 5.48. The van der Waals surface area contributed by atoms with Crippen molar-refractivity contribution in [3.8, 4) is 5.75 Å². The fraction of sp³-hybridized carbons (Fsp3) is 0.375. The predicted molar refractivity (Wildman–Crippen MR) is 119 cm³/mol. The molecule has 7 heteroatoms. The number of piperazine rings is 1. The summed E-state index contributed by atoms with van der Waals surface area (Å²) in [5, 5.41) is 0. The Morgan fingerprint density at radius 3 is 2.52 bits per heavy atom. The highest BCUT2D eigenvalue weighted by atomic mass is 16.5. The molecule has 0 spiro atoms. The second-order valence-corrected chi connectivity index (χ2v) is 8.03. The molecule has 0 bridgehead atoms. The molecule has 1 saturated heterocycles. The van der Waals surface area contributed by atoms with Gasteiger partial charge in [0.1, 0.15) is 5.75 Å². The summed E-state index contributed by atoms with van der Waals surface area (Å²) in [4.78, 5) is 42.7. The van der Waals surface area contributed by atoms with Crippen LogP contribution in [0.5, 0.6) is 5.75 Å². The molecular weight excluding hydrogens is 394 g/mol. The first-order valence-corrected chi connectivity index (χ1v) is 10.6. The molecule has 0 radical (unpaired) electrons. The van der Waals surface area contributed by atoms with Crippen molar-refractivity contribution in [3.63, 3.8) is 0 Å². The molecule has 0 aromatic heterocycles. The van der Waals surface area contributed by atoms with E-state index in [-0.39, 0.29) is 37.2 Å². The summed E-state index contributed by atoms with van der Waals surface area (Å²) in [6.45, 7) is 6.67. The average molecular weight is 421 g/mol. The molecule has 4 rings (SSSR count). The van der Waals surface area contributed by atoms with E-state index in [2.05, 4.69) is 36.1 Å². The third kappa shape index (κ3) is 4.55. The smallest absolute Gasteiger partial charge is 0.265 e. The lowest BCUT2D eigenvalue weighted by molar-refractivity contribution is -0.131. The maximum Gasteiger partial charge on any atom is 0.265 e. The van der Waals surface area contributed by atoms with Gasteiger partial charge in [-0.3, -0.25) is 14.4 Å². The summed E-state index contributed by atoms with van der Waals surface area (Å²) >= 11 is 0. The second kappa shape index (κ2) is 8.79. The van der Waals surface area contributed by atoms with E-state index in [1.54, 1.807) is 23.1 Å². The van der Waals surface area contributed by atoms with Crippen LogP contribution in [-0.4, -0.2) is 61.8 Å². The van der Waals surface area contributed by atoms with Crippen LogP contribution in [0.3, 0.4) is 0 Å². The van der Waals surface area contributed by atoms with Gasteiger partial charge in [-0.1, -0.05) is 12.1 Å². The number of hydrogen-bond acceptors (Lipinski definition) is 5. The molecule has 0 unspecified atom stereocenters. The predicted octanol–water partition coefficient (Wildman–Crippen LogP) is 2.66.